The van der Waals surface area contributed by atoms with Crippen molar-refractivity contribution >= 4 is 5.91 Å². The number of amides is 1. The Balaban J connectivity index is 2.43. The number of nitrogens with zero attached hydrogens (tertiary/aromatic N) is 1. The van der Waals surface area contributed by atoms with E-state index in [-0.39, 0.29) is 30.8 Å². The Hall–Kier alpha value is -1.91. The summed E-state index contributed by atoms with van der Waals surface area (Å²) in [7, 11) is 0. The second kappa shape index (κ2) is 6.74. The quantitative estimate of drug-likeness (QED) is 0.621. The van der Waals surface area contributed by atoms with Crippen molar-refractivity contribution in [1.82, 2.24) is 5.32 Å². The monoisotopic (exact) mass is 250 g/mol. The molecular formula is C13H18N2O3. The van der Waals surface area contributed by atoms with Gasteiger partial charge in [0.2, 0.25) is 12.5 Å². The minimum absolute atomic E-state index is 0.0819. The highest BCUT2D eigenvalue weighted by Gasteiger charge is 2.16. The highest BCUT2D eigenvalue weighted by atomic mass is 16.6. The third-order valence-corrected chi connectivity index (χ3v) is 2.67. The molecule has 0 aliphatic rings. The molecule has 18 heavy (non-hydrogen) atoms. The van der Waals surface area contributed by atoms with Gasteiger partial charge in [-0.1, -0.05) is 37.3 Å². The minimum Gasteiger partial charge on any atom is -0.350 e. The number of nitrogens with one attached hydrogen (secondary N) is 1. The predicted molar refractivity (Wildman–Crippen MR) is 68.6 cm³/mol. The summed E-state index contributed by atoms with van der Waals surface area (Å²) < 4.78 is 0. The molecule has 1 aromatic rings. The molecule has 1 amide bonds. The molecule has 0 unspecified atom stereocenters. The number of benzene rings is 1. The fourth-order valence-electron chi connectivity index (χ4n) is 1.76. The maximum atomic E-state index is 11.7. The van der Waals surface area contributed by atoms with E-state index >= 15 is 0 Å². The van der Waals surface area contributed by atoms with Gasteiger partial charge in [-0.25, -0.2) is 0 Å². The van der Waals surface area contributed by atoms with E-state index in [4.69, 9.17) is 0 Å². The number of hydrogen-bond donors (Lipinski definition) is 1. The van der Waals surface area contributed by atoms with Crippen LogP contribution in [0.15, 0.2) is 30.3 Å². The molecule has 0 aliphatic carbocycles. The molecule has 0 bridgehead atoms. The van der Waals surface area contributed by atoms with Crippen molar-refractivity contribution in [2.45, 2.75) is 26.3 Å². The van der Waals surface area contributed by atoms with Gasteiger partial charge in [-0.15, -0.1) is 0 Å². The molecule has 0 aliphatic heterocycles. The summed E-state index contributed by atoms with van der Waals surface area (Å²) in [5.74, 6) is -0.399. The number of rotatable bonds is 6. The molecule has 0 heterocycles. The number of carbonyl (C=O) groups excluding carboxylic acids is 1. The molecule has 0 fully saturated rings. The van der Waals surface area contributed by atoms with Crippen molar-refractivity contribution in [2.75, 3.05) is 6.54 Å². The van der Waals surface area contributed by atoms with Crippen molar-refractivity contribution in [3.8, 4) is 0 Å². The fraction of sp³-hybridized carbons (Fsp3) is 0.462. The molecule has 0 radical (unpaired) electrons. The number of hydrogen-bond acceptors (Lipinski definition) is 3. The standard InChI is InChI=1S/C13H18N2O3/c1-10(9-15(17)18)8-13(16)14-11(2)12-6-4-3-5-7-12/h3-7,10-11H,8-9H2,1-2H3,(H,14,16)/t10-,11-/m0/s1. The lowest BCUT2D eigenvalue weighted by Gasteiger charge is -2.15. The van der Waals surface area contributed by atoms with E-state index in [1.54, 1.807) is 6.92 Å². The Labute approximate surface area is 106 Å². The molecule has 1 rings (SSSR count). The molecule has 2 atom stereocenters. The van der Waals surface area contributed by atoms with Gasteiger partial charge in [-0.05, 0) is 12.5 Å². The van der Waals surface area contributed by atoms with Crippen LogP contribution in [0.5, 0.6) is 0 Å². The largest absolute Gasteiger partial charge is 0.350 e. The maximum absolute atomic E-state index is 11.7. The first-order valence-electron chi connectivity index (χ1n) is 5.95. The van der Waals surface area contributed by atoms with Gasteiger partial charge in [0.05, 0.1) is 6.04 Å². The summed E-state index contributed by atoms with van der Waals surface area (Å²) >= 11 is 0. The smallest absolute Gasteiger partial charge is 0.220 e. The molecule has 0 saturated carbocycles. The lowest BCUT2D eigenvalue weighted by molar-refractivity contribution is -0.487. The lowest BCUT2D eigenvalue weighted by atomic mass is 10.1. The number of nitro groups is 1. The van der Waals surface area contributed by atoms with Gasteiger partial charge >= 0.3 is 0 Å². The Morgan fingerprint density at radius 1 is 1.33 bits per heavy atom. The molecule has 5 nitrogen and oxygen atoms in total. The maximum Gasteiger partial charge on any atom is 0.220 e. The van der Waals surface area contributed by atoms with Crippen LogP contribution in [0.1, 0.15) is 31.9 Å². The van der Waals surface area contributed by atoms with Crippen molar-refractivity contribution in [3.63, 3.8) is 0 Å². The van der Waals surface area contributed by atoms with Crippen LogP contribution in [0.4, 0.5) is 0 Å². The van der Waals surface area contributed by atoms with Crippen molar-refractivity contribution in [3.05, 3.63) is 46.0 Å². The average Bonchev–Trinajstić information content (AvgIpc) is 2.28. The van der Waals surface area contributed by atoms with Gasteiger partial charge in [-0.3, -0.25) is 14.9 Å². The first kappa shape index (κ1) is 14.2. The van der Waals surface area contributed by atoms with E-state index in [9.17, 15) is 14.9 Å². The zero-order valence-corrected chi connectivity index (χ0v) is 10.6. The van der Waals surface area contributed by atoms with Crippen LogP contribution in [0.2, 0.25) is 0 Å². The molecule has 0 spiro atoms. The highest BCUT2D eigenvalue weighted by molar-refractivity contribution is 5.76. The predicted octanol–water partition coefficient (Wildman–Crippen LogP) is 2.17. The summed E-state index contributed by atoms with van der Waals surface area (Å²) in [6.07, 6.45) is 0.179. The summed E-state index contributed by atoms with van der Waals surface area (Å²) in [5, 5.41) is 13.1. The second-order valence-corrected chi connectivity index (χ2v) is 4.52. The van der Waals surface area contributed by atoms with Gasteiger partial charge in [0.1, 0.15) is 0 Å². The molecular weight excluding hydrogens is 232 g/mol. The molecule has 1 N–H and O–H groups in total. The average molecular weight is 250 g/mol. The zero-order chi connectivity index (χ0) is 13.5. The third kappa shape index (κ3) is 4.95. The minimum atomic E-state index is -0.390. The molecule has 0 saturated heterocycles. The third-order valence-electron chi connectivity index (χ3n) is 2.67. The van der Waals surface area contributed by atoms with Crippen LogP contribution in [0.25, 0.3) is 0 Å². The summed E-state index contributed by atoms with van der Waals surface area (Å²) in [6.45, 7) is 3.42. The lowest BCUT2D eigenvalue weighted by Crippen LogP contribution is -2.29. The topological polar surface area (TPSA) is 72.2 Å². The van der Waals surface area contributed by atoms with E-state index in [1.807, 2.05) is 37.3 Å². The van der Waals surface area contributed by atoms with Gasteiger partial charge in [0.25, 0.3) is 0 Å². The Morgan fingerprint density at radius 3 is 2.50 bits per heavy atom. The van der Waals surface area contributed by atoms with E-state index in [0.717, 1.165) is 5.56 Å². The van der Waals surface area contributed by atoms with E-state index in [0.29, 0.717) is 0 Å². The van der Waals surface area contributed by atoms with Crippen molar-refractivity contribution in [1.29, 1.82) is 0 Å². The normalized spacial score (nSPS) is 13.7. The Morgan fingerprint density at radius 2 is 1.94 bits per heavy atom. The molecule has 1 aromatic carbocycles. The fourth-order valence-corrected chi connectivity index (χ4v) is 1.76. The summed E-state index contributed by atoms with van der Waals surface area (Å²) in [6, 6.07) is 9.52. The SMILES string of the molecule is C[C@@H](CC(=O)N[C@@H](C)c1ccccc1)C[N+](=O)[O-]. The van der Waals surface area contributed by atoms with E-state index in [2.05, 4.69) is 5.32 Å². The zero-order valence-electron chi connectivity index (χ0n) is 10.6. The second-order valence-electron chi connectivity index (χ2n) is 4.52. The first-order valence-corrected chi connectivity index (χ1v) is 5.95. The van der Waals surface area contributed by atoms with Crippen LogP contribution in [-0.4, -0.2) is 17.4 Å². The van der Waals surface area contributed by atoms with Gasteiger partial charge < -0.3 is 5.32 Å². The summed E-state index contributed by atoms with van der Waals surface area (Å²) in [5.41, 5.74) is 1.02. The molecule has 0 aromatic heterocycles. The van der Waals surface area contributed by atoms with E-state index < -0.39 is 4.92 Å². The van der Waals surface area contributed by atoms with Crippen LogP contribution in [-0.2, 0) is 4.79 Å². The van der Waals surface area contributed by atoms with Crippen LogP contribution < -0.4 is 5.32 Å². The molecule has 98 valence electrons. The van der Waals surface area contributed by atoms with Gasteiger partial charge in [0, 0.05) is 17.3 Å². The summed E-state index contributed by atoms with van der Waals surface area (Å²) in [4.78, 5) is 21.6. The van der Waals surface area contributed by atoms with Crippen molar-refractivity contribution in [2.24, 2.45) is 5.92 Å². The van der Waals surface area contributed by atoms with Crippen LogP contribution >= 0.6 is 0 Å². The first-order chi connectivity index (χ1) is 8.49. The number of carbonyl (C=O) groups is 1. The van der Waals surface area contributed by atoms with Crippen molar-refractivity contribution < 1.29 is 9.72 Å². The Bertz CT molecular complexity index is 406. The van der Waals surface area contributed by atoms with Crippen LogP contribution in [0.3, 0.4) is 0 Å². The van der Waals surface area contributed by atoms with Crippen LogP contribution in [0, 0.1) is 16.0 Å². The highest BCUT2D eigenvalue weighted by Crippen LogP contribution is 2.12. The Kier molecular flexibility index (Phi) is 5.30. The molecule has 5 heteroatoms. The van der Waals surface area contributed by atoms with Gasteiger partial charge in [0.15, 0.2) is 0 Å². The van der Waals surface area contributed by atoms with E-state index in [1.165, 1.54) is 0 Å². The van der Waals surface area contributed by atoms with Gasteiger partial charge in [-0.2, -0.15) is 0 Å².